The van der Waals surface area contributed by atoms with Crippen LogP contribution >= 0.6 is 0 Å². The number of aromatic amines is 1. The number of hydrogen-bond acceptors (Lipinski definition) is 4. The molecule has 1 saturated heterocycles. The summed E-state index contributed by atoms with van der Waals surface area (Å²) < 4.78 is 0. The van der Waals surface area contributed by atoms with Gasteiger partial charge in [0.2, 0.25) is 5.91 Å². The van der Waals surface area contributed by atoms with E-state index in [0.29, 0.717) is 30.4 Å². The topological polar surface area (TPSA) is 104 Å². The van der Waals surface area contributed by atoms with Crippen LogP contribution < -0.4 is 11.1 Å². The zero-order chi connectivity index (χ0) is 15.0. The van der Waals surface area contributed by atoms with E-state index in [1.165, 1.54) is 6.92 Å². The fourth-order valence-corrected chi connectivity index (χ4v) is 2.87. The van der Waals surface area contributed by atoms with Crippen molar-refractivity contribution >= 4 is 17.5 Å². The van der Waals surface area contributed by atoms with Crippen LogP contribution in [-0.2, 0) is 4.79 Å². The molecule has 1 aromatic heterocycles. The average Bonchev–Trinajstić information content (AvgIpc) is 3.21. The van der Waals surface area contributed by atoms with Crippen LogP contribution in [0.1, 0.15) is 54.7 Å². The fraction of sp³-hybridized carbons (Fsp3) is 0.643. The first-order valence-electron chi connectivity index (χ1n) is 7.46. The first kappa shape index (κ1) is 13.9. The number of nitrogen functional groups attached to an aromatic ring is 1. The van der Waals surface area contributed by atoms with E-state index in [0.717, 1.165) is 31.4 Å². The Hall–Kier alpha value is -2.05. The van der Waals surface area contributed by atoms with Gasteiger partial charge in [-0.15, -0.1) is 0 Å². The molecule has 0 spiro atoms. The predicted octanol–water partition coefficient (Wildman–Crippen LogP) is 0.610. The summed E-state index contributed by atoms with van der Waals surface area (Å²) in [4.78, 5) is 25.3. The van der Waals surface area contributed by atoms with Crippen molar-refractivity contribution in [3.63, 3.8) is 0 Å². The van der Waals surface area contributed by atoms with E-state index in [1.807, 2.05) is 0 Å². The van der Waals surface area contributed by atoms with E-state index in [2.05, 4.69) is 15.5 Å². The summed E-state index contributed by atoms with van der Waals surface area (Å²) in [5.41, 5.74) is 7.80. The summed E-state index contributed by atoms with van der Waals surface area (Å²) >= 11 is 0. The molecule has 2 amide bonds. The number of rotatable bonds is 3. The Bertz CT molecular complexity index is 556. The van der Waals surface area contributed by atoms with Crippen LogP contribution in [0.3, 0.4) is 0 Å². The van der Waals surface area contributed by atoms with Gasteiger partial charge >= 0.3 is 0 Å². The lowest BCUT2D eigenvalue weighted by Crippen LogP contribution is -2.46. The number of anilines is 1. The Balaban J connectivity index is 1.62. The largest absolute Gasteiger partial charge is 0.395 e. The summed E-state index contributed by atoms with van der Waals surface area (Å²) in [6.45, 7) is 2.76. The van der Waals surface area contributed by atoms with Gasteiger partial charge in [-0.3, -0.25) is 14.7 Å². The van der Waals surface area contributed by atoms with Gasteiger partial charge in [-0.1, -0.05) is 0 Å². The van der Waals surface area contributed by atoms with Crippen molar-refractivity contribution in [1.29, 1.82) is 0 Å². The second kappa shape index (κ2) is 5.38. The van der Waals surface area contributed by atoms with Crippen LogP contribution in [0.4, 0.5) is 5.69 Å². The molecule has 2 aliphatic rings. The Morgan fingerprint density at radius 3 is 2.52 bits per heavy atom. The van der Waals surface area contributed by atoms with E-state index < -0.39 is 0 Å². The first-order chi connectivity index (χ1) is 10.1. The molecule has 0 atom stereocenters. The lowest BCUT2D eigenvalue weighted by Gasteiger charge is -2.31. The number of nitrogens with two attached hydrogens (primary N) is 1. The Morgan fingerprint density at radius 1 is 1.29 bits per heavy atom. The number of carbonyl (C=O) groups is 2. The van der Waals surface area contributed by atoms with Crippen molar-refractivity contribution in [1.82, 2.24) is 20.4 Å². The van der Waals surface area contributed by atoms with E-state index in [-0.39, 0.29) is 17.9 Å². The zero-order valence-electron chi connectivity index (χ0n) is 12.2. The number of nitrogens with one attached hydrogen (secondary N) is 2. The van der Waals surface area contributed by atoms with E-state index in [9.17, 15) is 9.59 Å². The maximum Gasteiger partial charge on any atom is 0.276 e. The molecule has 1 aliphatic heterocycles. The summed E-state index contributed by atoms with van der Waals surface area (Å²) in [5.74, 6) is 0.312. The molecule has 1 aliphatic carbocycles. The molecule has 7 heteroatoms. The number of amides is 2. The molecule has 0 radical (unpaired) electrons. The molecule has 3 rings (SSSR count). The molecule has 0 unspecified atom stereocenters. The number of carbonyl (C=O) groups excluding carboxylic acids is 2. The van der Waals surface area contributed by atoms with Gasteiger partial charge in [0.05, 0.1) is 11.4 Å². The van der Waals surface area contributed by atoms with Crippen LogP contribution in [-0.4, -0.2) is 46.0 Å². The number of piperidine rings is 1. The Kier molecular flexibility index (Phi) is 3.57. The zero-order valence-corrected chi connectivity index (χ0v) is 12.2. The normalized spacial score (nSPS) is 19.6. The van der Waals surface area contributed by atoms with Crippen molar-refractivity contribution < 1.29 is 9.59 Å². The molecular weight excluding hydrogens is 270 g/mol. The van der Waals surface area contributed by atoms with Crippen molar-refractivity contribution in [2.24, 2.45) is 0 Å². The van der Waals surface area contributed by atoms with Gasteiger partial charge in [0.25, 0.3) is 5.91 Å². The third-order valence-electron chi connectivity index (χ3n) is 4.21. The summed E-state index contributed by atoms with van der Waals surface area (Å²) in [6, 6.07) is 0.158. The van der Waals surface area contributed by atoms with Crippen molar-refractivity contribution in [3.8, 4) is 0 Å². The first-order valence-corrected chi connectivity index (χ1v) is 7.46. The maximum absolute atomic E-state index is 12.5. The number of nitrogens with zero attached hydrogens (tertiary/aromatic N) is 2. The number of H-pyrrole nitrogens is 1. The third-order valence-corrected chi connectivity index (χ3v) is 4.21. The molecule has 1 aromatic rings. The summed E-state index contributed by atoms with van der Waals surface area (Å²) in [5, 5.41) is 9.92. The minimum atomic E-state index is -0.114. The summed E-state index contributed by atoms with van der Waals surface area (Å²) in [6.07, 6.45) is 3.76. The highest BCUT2D eigenvalue weighted by Crippen LogP contribution is 2.42. The minimum Gasteiger partial charge on any atom is -0.395 e. The van der Waals surface area contributed by atoms with Gasteiger partial charge < -0.3 is 16.0 Å². The van der Waals surface area contributed by atoms with Crippen LogP contribution in [0.5, 0.6) is 0 Å². The minimum absolute atomic E-state index is 0.0228. The number of aromatic nitrogens is 2. The highest BCUT2D eigenvalue weighted by molar-refractivity contribution is 5.97. The van der Waals surface area contributed by atoms with Gasteiger partial charge in [0, 0.05) is 32.0 Å². The Labute approximate surface area is 123 Å². The number of likely N-dealkylation sites (tertiary alicyclic amines) is 1. The van der Waals surface area contributed by atoms with Crippen LogP contribution in [0.2, 0.25) is 0 Å². The van der Waals surface area contributed by atoms with Gasteiger partial charge in [-0.05, 0) is 25.7 Å². The van der Waals surface area contributed by atoms with Crippen molar-refractivity contribution in [3.05, 3.63) is 11.4 Å². The molecule has 2 heterocycles. The third kappa shape index (κ3) is 2.86. The highest BCUT2D eigenvalue weighted by Gasteiger charge is 2.32. The average molecular weight is 291 g/mol. The van der Waals surface area contributed by atoms with E-state index in [1.54, 1.807) is 4.90 Å². The lowest BCUT2D eigenvalue weighted by atomic mass is 10.0. The quantitative estimate of drug-likeness (QED) is 0.759. The lowest BCUT2D eigenvalue weighted by molar-refractivity contribution is -0.119. The van der Waals surface area contributed by atoms with Gasteiger partial charge in [0.15, 0.2) is 5.69 Å². The van der Waals surface area contributed by atoms with Crippen molar-refractivity contribution in [2.75, 3.05) is 18.8 Å². The number of hydrogen-bond donors (Lipinski definition) is 3. The predicted molar refractivity (Wildman–Crippen MR) is 77.7 cm³/mol. The second-order valence-corrected chi connectivity index (χ2v) is 5.94. The van der Waals surface area contributed by atoms with Crippen LogP contribution in [0.15, 0.2) is 0 Å². The van der Waals surface area contributed by atoms with Gasteiger partial charge in [0.1, 0.15) is 0 Å². The molecule has 0 bridgehead atoms. The molecule has 0 aromatic carbocycles. The van der Waals surface area contributed by atoms with Crippen LogP contribution in [0.25, 0.3) is 0 Å². The molecule has 7 nitrogen and oxygen atoms in total. The van der Waals surface area contributed by atoms with Crippen molar-refractivity contribution in [2.45, 2.75) is 44.6 Å². The molecule has 2 fully saturated rings. The van der Waals surface area contributed by atoms with E-state index in [4.69, 9.17) is 5.73 Å². The standard InChI is InChI=1S/C14H21N5O2/c1-8(20)16-10-4-6-19(7-5-10)14(21)13-11(15)12(17-18-13)9-2-3-9/h9-10H,2-7,15H2,1H3,(H,16,20)(H,17,18). The maximum atomic E-state index is 12.5. The van der Waals surface area contributed by atoms with Gasteiger partial charge in [-0.25, -0.2) is 0 Å². The smallest absolute Gasteiger partial charge is 0.276 e. The molecule has 114 valence electrons. The van der Waals surface area contributed by atoms with E-state index >= 15 is 0 Å². The second-order valence-electron chi connectivity index (χ2n) is 5.94. The van der Waals surface area contributed by atoms with Crippen LogP contribution in [0, 0.1) is 0 Å². The highest BCUT2D eigenvalue weighted by atomic mass is 16.2. The molecule has 1 saturated carbocycles. The molecular formula is C14H21N5O2. The Morgan fingerprint density at radius 2 is 1.95 bits per heavy atom. The SMILES string of the molecule is CC(=O)NC1CCN(C(=O)c2n[nH]c(C3CC3)c2N)CC1. The molecule has 21 heavy (non-hydrogen) atoms. The van der Waals surface area contributed by atoms with Gasteiger partial charge in [-0.2, -0.15) is 5.10 Å². The summed E-state index contributed by atoms with van der Waals surface area (Å²) in [7, 11) is 0. The fourth-order valence-electron chi connectivity index (χ4n) is 2.87. The monoisotopic (exact) mass is 291 g/mol. The molecule has 4 N–H and O–H groups in total.